The molecular formula is H4O7P2Se3. The van der Waals surface area contributed by atoms with Gasteiger partial charge in [0, 0.05) is 0 Å². The fourth-order valence-electron chi connectivity index (χ4n) is 0.114. The van der Waals surface area contributed by atoms with Crippen LogP contribution in [0.5, 0.6) is 0 Å². The summed E-state index contributed by atoms with van der Waals surface area (Å²) in [5.74, 6) is 0. The van der Waals surface area contributed by atoms with Gasteiger partial charge in [-0.25, -0.2) is 0 Å². The van der Waals surface area contributed by atoms with Crippen LogP contribution in [0.25, 0.3) is 0 Å². The molecule has 1 heterocycles. The van der Waals surface area contributed by atoms with E-state index in [4.69, 9.17) is 19.6 Å². The Morgan fingerprint density at radius 1 is 1.25 bits per heavy atom. The molecule has 0 saturated carbocycles. The molecular weight excluding hydrogens is 411 g/mol. The molecule has 1 saturated heterocycles. The molecule has 1 rings (SSSR count). The number of hydrogen-bond donors (Lipinski definition) is 4. The summed E-state index contributed by atoms with van der Waals surface area (Å²) in [6.45, 7) is 0. The summed E-state index contributed by atoms with van der Waals surface area (Å²) in [5, 5.41) is 0. The normalized spacial score (nSPS) is 21.3. The molecule has 0 spiro atoms. The van der Waals surface area contributed by atoms with Crippen molar-refractivity contribution in [2.75, 3.05) is 0 Å². The molecule has 1 aliphatic rings. The van der Waals surface area contributed by atoms with Crippen LogP contribution in [0.2, 0.25) is 0 Å². The van der Waals surface area contributed by atoms with E-state index in [9.17, 15) is 4.57 Å². The zero-order valence-electron chi connectivity index (χ0n) is 5.13. The van der Waals surface area contributed by atoms with Crippen LogP contribution in [0.4, 0.5) is 0 Å². The average molecular weight is 415 g/mol. The van der Waals surface area contributed by atoms with Gasteiger partial charge in [-0.05, 0) is 0 Å². The van der Waals surface area contributed by atoms with Gasteiger partial charge < -0.3 is 0 Å². The SMILES string of the molecule is O=P1(O)O[Se][Se]O1.OP(O)(O)=[Se]. The molecule has 74 valence electrons. The zero-order chi connectivity index (χ0) is 9.83. The summed E-state index contributed by atoms with van der Waals surface area (Å²) in [4.78, 5) is 31.4. The summed E-state index contributed by atoms with van der Waals surface area (Å²) >= 11 is 1.42. The van der Waals surface area contributed by atoms with Crippen LogP contribution in [0.1, 0.15) is 0 Å². The van der Waals surface area contributed by atoms with Gasteiger partial charge in [0.2, 0.25) is 0 Å². The van der Waals surface area contributed by atoms with Gasteiger partial charge in [0.05, 0.1) is 0 Å². The molecule has 0 aliphatic carbocycles. The molecule has 4 N–H and O–H groups in total. The van der Waals surface area contributed by atoms with E-state index in [0.29, 0.717) is 0 Å². The van der Waals surface area contributed by atoms with Crippen LogP contribution in [0, 0.1) is 0 Å². The second-order valence-electron chi connectivity index (χ2n) is 1.27. The van der Waals surface area contributed by atoms with Gasteiger partial charge in [0.25, 0.3) is 0 Å². The van der Waals surface area contributed by atoms with Crippen molar-refractivity contribution in [2.24, 2.45) is 0 Å². The zero-order valence-corrected chi connectivity index (χ0v) is 12.1. The summed E-state index contributed by atoms with van der Waals surface area (Å²) in [5.41, 5.74) is 0. The van der Waals surface area contributed by atoms with Crippen molar-refractivity contribution in [2.45, 2.75) is 0 Å². The van der Waals surface area contributed by atoms with Gasteiger partial charge in [-0.3, -0.25) is 0 Å². The Labute approximate surface area is 87.1 Å². The second-order valence-corrected chi connectivity index (χ2v) is 12.0. The Morgan fingerprint density at radius 2 is 1.50 bits per heavy atom. The first-order valence-corrected chi connectivity index (χ1v) is 13.1. The summed E-state index contributed by atoms with van der Waals surface area (Å²) in [6.07, 6.45) is -3.51. The van der Waals surface area contributed by atoms with E-state index in [2.05, 4.69) is 7.21 Å². The number of rotatable bonds is 0. The Morgan fingerprint density at radius 3 is 1.58 bits per heavy atom. The number of hydrogen-bond acceptors (Lipinski definition) is 6. The minimum atomic E-state index is -3.51. The van der Waals surface area contributed by atoms with Crippen LogP contribution < -0.4 is 0 Å². The fourth-order valence-corrected chi connectivity index (χ4v) is 9.25. The average Bonchev–Trinajstić information content (AvgIpc) is 2.08. The molecule has 0 amide bonds. The third-order valence-electron chi connectivity index (χ3n) is 0.277. The van der Waals surface area contributed by atoms with E-state index in [1.54, 1.807) is 15.1 Å². The molecule has 0 atom stereocenters. The van der Waals surface area contributed by atoms with Gasteiger partial charge in [0.1, 0.15) is 0 Å². The van der Waals surface area contributed by atoms with Crippen molar-refractivity contribution in [3.05, 3.63) is 0 Å². The molecule has 12 heavy (non-hydrogen) atoms. The van der Waals surface area contributed by atoms with Crippen molar-refractivity contribution in [1.82, 2.24) is 0 Å². The first-order valence-electron chi connectivity index (χ1n) is 2.03. The van der Waals surface area contributed by atoms with Crippen molar-refractivity contribution < 1.29 is 31.4 Å². The molecule has 1 fully saturated rings. The maximum absolute atomic E-state index is 10.2. The summed E-state index contributed by atoms with van der Waals surface area (Å²) in [6, 6.07) is 0. The van der Waals surface area contributed by atoms with Gasteiger partial charge in [-0.2, -0.15) is 0 Å². The predicted molar refractivity (Wildman–Crippen MR) is 42.8 cm³/mol. The second kappa shape index (κ2) is 5.76. The van der Waals surface area contributed by atoms with E-state index < -0.39 is 14.0 Å². The monoisotopic (exact) mass is 418 g/mol. The van der Waals surface area contributed by atoms with Crippen LogP contribution in [-0.2, 0) is 11.8 Å². The summed E-state index contributed by atoms with van der Waals surface area (Å²) in [7, 11) is -3.49. The molecule has 7 nitrogen and oxygen atoms in total. The Kier molecular flexibility index (Phi) is 6.71. The van der Waals surface area contributed by atoms with E-state index in [1.807, 2.05) is 0 Å². The van der Waals surface area contributed by atoms with Crippen LogP contribution in [0.15, 0.2) is 0 Å². The Bertz CT molecular complexity index is 200. The third-order valence-corrected chi connectivity index (χ3v) is 8.62. The van der Waals surface area contributed by atoms with E-state index in [0.717, 1.165) is 0 Å². The fraction of sp³-hybridized carbons (Fsp3) is 0. The van der Waals surface area contributed by atoms with E-state index in [-0.39, 0.29) is 26.9 Å². The maximum atomic E-state index is 10.2. The van der Waals surface area contributed by atoms with E-state index in [1.165, 1.54) is 0 Å². The van der Waals surface area contributed by atoms with Gasteiger partial charge in [0.15, 0.2) is 0 Å². The van der Waals surface area contributed by atoms with Crippen LogP contribution in [-0.4, -0.2) is 61.6 Å². The van der Waals surface area contributed by atoms with Crippen molar-refractivity contribution in [1.29, 1.82) is 0 Å². The van der Waals surface area contributed by atoms with Crippen molar-refractivity contribution in [3.63, 3.8) is 0 Å². The quantitative estimate of drug-likeness (QED) is 0.270. The van der Waals surface area contributed by atoms with Crippen LogP contribution >= 0.6 is 14.0 Å². The molecule has 0 aromatic heterocycles. The third kappa shape index (κ3) is 12.0. The molecule has 12 heteroatoms. The molecule has 0 radical (unpaired) electrons. The molecule has 1 aliphatic heterocycles. The number of phosphoric acid groups is 1. The van der Waals surface area contributed by atoms with Crippen molar-refractivity contribution in [3.8, 4) is 0 Å². The molecule has 0 unspecified atom stereocenters. The molecule has 0 aromatic rings. The minimum absolute atomic E-state index is 0.169. The topological polar surface area (TPSA) is 116 Å². The summed E-state index contributed by atoms with van der Waals surface area (Å²) < 4.78 is 18.8. The van der Waals surface area contributed by atoms with Gasteiger partial charge >= 0.3 is 87.4 Å². The molecule has 0 aromatic carbocycles. The van der Waals surface area contributed by atoms with E-state index >= 15 is 0 Å². The Hall–Kier alpha value is 1.98. The first-order chi connectivity index (χ1) is 5.21. The Balaban J connectivity index is 0.000000217. The first kappa shape index (κ1) is 14.0. The van der Waals surface area contributed by atoms with Crippen LogP contribution in [0.3, 0.4) is 0 Å². The standard InChI is InChI=1S/HO4PSe2.H3O3PSe/c1-5(2)3-6-7-4-5;1-4(2,3)5/h(H,1,2);(H3,1,2,3,5). The van der Waals surface area contributed by atoms with Gasteiger partial charge in [-0.1, -0.05) is 0 Å². The molecule has 0 bridgehead atoms. The van der Waals surface area contributed by atoms with Gasteiger partial charge in [-0.15, -0.1) is 0 Å². The van der Waals surface area contributed by atoms with Crippen molar-refractivity contribution >= 4 is 56.0 Å². The predicted octanol–water partition coefficient (Wildman–Crippen LogP) is -1.90.